The molecule has 0 aliphatic heterocycles. The van der Waals surface area contributed by atoms with E-state index in [1.165, 1.54) is 7.05 Å². The van der Waals surface area contributed by atoms with Gasteiger partial charge >= 0.3 is 18.3 Å². The third-order valence-electron chi connectivity index (χ3n) is 6.12. The summed E-state index contributed by atoms with van der Waals surface area (Å²) in [5, 5.41) is 0.880. The van der Waals surface area contributed by atoms with Crippen molar-refractivity contribution >= 4 is 22.8 Å². The number of aryl methyl sites for hydroxylation is 1. The Morgan fingerprint density at radius 3 is 2.16 bits per heavy atom. The minimum atomic E-state index is -5.08. The number of hydrogen-bond acceptors (Lipinski definition) is 3. The van der Waals surface area contributed by atoms with E-state index in [2.05, 4.69) is 0 Å². The first-order valence-electron chi connectivity index (χ1n) is 11.5. The Labute approximate surface area is 209 Å². The van der Waals surface area contributed by atoms with Crippen molar-refractivity contribution in [2.24, 2.45) is 7.05 Å². The zero-order chi connectivity index (χ0) is 27.5. The molecule has 0 saturated carbocycles. The van der Waals surface area contributed by atoms with E-state index in [9.17, 15) is 35.9 Å². The number of benzene rings is 2. The van der Waals surface area contributed by atoms with Crippen molar-refractivity contribution in [2.75, 3.05) is 13.7 Å². The van der Waals surface area contributed by atoms with Crippen molar-refractivity contribution in [1.82, 2.24) is 9.47 Å². The second-order valence-electron chi connectivity index (χ2n) is 8.69. The first-order valence-corrected chi connectivity index (χ1v) is 11.5. The van der Waals surface area contributed by atoms with E-state index < -0.39 is 47.0 Å². The first-order chi connectivity index (χ1) is 17.2. The molecule has 1 atom stereocenters. The SMILES string of the molecule is CCOC(=O)CCC(Cc1cn(C)c2ccccc12)N(C)C(=O)c1cc(C(F)(F)F)cc(C(F)(F)F)c1. The highest BCUT2D eigenvalue weighted by atomic mass is 19.4. The van der Waals surface area contributed by atoms with E-state index in [-0.39, 0.29) is 31.9 Å². The molecule has 37 heavy (non-hydrogen) atoms. The van der Waals surface area contributed by atoms with Crippen molar-refractivity contribution in [2.45, 2.75) is 44.6 Å². The monoisotopic (exact) mass is 528 g/mol. The van der Waals surface area contributed by atoms with Gasteiger partial charge in [-0.3, -0.25) is 9.59 Å². The second kappa shape index (κ2) is 10.9. The van der Waals surface area contributed by atoms with Gasteiger partial charge < -0.3 is 14.2 Å². The van der Waals surface area contributed by atoms with Crippen molar-refractivity contribution < 1.29 is 40.7 Å². The molecule has 0 aliphatic carbocycles. The van der Waals surface area contributed by atoms with E-state index in [0.717, 1.165) is 21.4 Å². The summed E-state index contributed by atoms with van der Waals surface area (Å²) in [5.41, 5.74) is -2.17. The van der Waals surface area contributed by atoms with Crippen LogP contribution in [0.2, 0.25) is 0 Å². The lowest BCUT2D eigenvalue weighted by Gasteiger charge is -2.29. The fourth-order valence-electron chi connectivity index (χ4n) is 4.24. The number of aromatic nitrogens is 1. The third-order valence-corrected chi connectivity index (χ3v) is 6.12. The van der Waals surface area contributed by atoms with Gasteiger partial charge in [0, 0.05) is 49.2 Å². The molecule has 3 aromatic rings. The minimum absolute atomic E-state index is 0.0227. The van der Waals surface area contributed by atoms with E-state index in [4.69, 9.17) is 4.74 Å². The Bertz CT molecular complexity index is 1250. The Balaban J connectivity index is 1.99. The average Bonchev–Trinajstić information content (AvgIpc) is 3.15. The summed E-state index contributed by atoms with van der Waals surface area (Å²) in [4.78, 5) is 26.3. The van der Waals surface area contributed by atoms with Gasteiger partial charge in [-0.15, -0.1) is 0 Å². The number of para-hydroxylation sites is 1. The summed E-state index contributed by atoms with van der Waals surface area (Å²) in [6, 6.07) is 7.53. The van der Waals surface area contributed by atoms with Crippen LogP contribution in [0.25, 0.3) is 10.9 Å². The van der Waals surface area contributed by atoms with Crippen LogP contribution in [0.1, 0.15) is 46.8 Å². The van der Waals surface area contributed by atoms with Crippen LogP contribution in [0.3, 0.4) is 0 Å². The van der Waals surface area contributed by atoms with Crippen molar-refractivity contribution in [3.05, 3.63) is 70.9 Å². The predicted molar refractivity (Wildman–Crippen MR) is 125 cm³/mol. The number of alkyl halides is 6. The molecule has 0 aliphatic rings. The summed E-state index contributed by atoms with van der Waals surface area (Å²) in [6.45, 7) is 1.78. The number of amides is 1. The maximum Gasteiger partial charge on any atom is 0.416 e. The lowest BCUT2D eigenvalue weighted by atomic mass is 9.98. The number of halogens is 6. The van der Waals surface area contributed by atoms with Crippen LogP contribution >= 0.6 is 0 Å². The molecule has 2 aromatic carbocycles. The number of esters is 1. The summed E-state index contributed by atoms with van der Waals surface area (Å²) in [7, 11) is 3.13. The van der Waals surface area contributed by atoms with Crippen LogP contribution in [0.5, 0.6) is 0 Å². The number of carbonyl (C=O) groups is 2. The summed E-state index contributed by atoms with van der Waals surface area (Å²) in [5.74, 6) is -1.55. The smallest absolute Gasteiger partial charge is 0.416 e. The van der Waals surface area contributed by atoms with Crippen molar-refractivity contribution in [3.8, 4) is 0 Å². The fraction of sp³-hybridized carbons (Fsp3) is 0.385. The molecule has 1 unspecified atom stereocenters. The lowest BCUT2D eigenvalue weighted by molar-refractivity contribution is -0.144. The maximum absolute atomic E-state index is 13.3. The van der Waals surface area contributed by atoms with Gasteiger partial charge in [-0.25, -0.2) is 0 Å². The van der Waals surface area contributed by atoms with Gasteiger partial charge in [-0.1, -0.05) is 18.2 Å². The predicted octanol–water partition coefficient (Wildman–Crippen LogP) is 6.24. The molecule has 0 bridgehead atoms. The number of carbonyl (C=O) groups excluding carboxylic acids is 2. The molecular weight excluding hydrogens is 502 g/mol. The number of hydrogen-bond donors (Lipinski definition) is 0. The van der Waals surface area contributed by atoms with Crippen LogP contribution in [0.15, 0.2) is 48.7 Å². The highest BCUT2D eigenvalue weighted by Crippen LogP contribution is 2.37. The highest BCUT2D eigenvalue weighted by molar-refractivity contribution is 5.95. The zero-order valence-electron chi connectivity index (χ0n) is 20.4. The van der Waals surface area contributed by atoms with E-state index in [1.807, 2.05) is 42.1 Å². The van der Waals surface area contributed by atoms with Crippen LogP contribution in [0.4, 0.5) is 26.3 Å². The molecule has 0 fully saturated rings. The average molecular weight is 528 g/mol. The molecule has 0 N–H and O–H groups in total. The topological polar surface area (TPSA) is 51.5 Å². The second-order valence-corrected chi connectivity index (χ2v) is 8.69. The van der Waals surface area contributed by atoms with E-state index in [1.54, 1.807) is 6.92 Å². The fourth-order valence-corrected chi connectivity index (χ4v) is 4.24. The Kier molecular flexibility index (Phi) is 8.24. The molecule has 1 heterocycles. The number of ether oxygens (including phenoxy) is 1. The molecule has 1 aromatic heterocycles. The third kappa shape index (κ3) is 6.64. The number of fused-ring (bicyclic) bond motifs is 1. The zero-order valence-corrected chi connectivity index (χ0v) is 20.4. The lowest BCUT2D eigenvalue weighted by Crippen LogP contribution is -2.39. The highest BCUT2D eigenvalue weighted by Gasteiger charge is 2.38. The Morgan fingerprint density at radius 1 is 1.00 bits per heavy atom. The molecule has 11 heteroatoms. The van der Waals surface area contributed by atoms with Crippen LogP contribution in [-0.2, 0) is 35.4 Å². The van der Waals surface area contributed by atoms with E-state index in [0.29, 0.717) is 12.1 Å². The van der Waals surface area contributed by atoms with Gasteiger partial charge in [0.1, 0.15) is 0 Å². The molecule has 0 saturated heterocycles. The quantitative estimate of drug-likeness (QED) is 0.257. The van der Waals surface area contributed by atoms with Gasteiger partial charge in [0.25, 0.3) is 5.91 Å². The largest absolute Gasteiger partial charge is 0.466 e. The minimum Gasteiger partial charge on any atom is -0.466 e. The summed E-state index contributed by atoms with van der Waals surface area (Å²) >= 11 is 0. The Hall–Kier alpha value is -3.50. The molecular formula is C26H26F6N2O3. The molecule has 0 radical (unpaired) electrons. The van der Waals surface area contributed by atoms with Gasteiger partial charge in [0.15, 0.2) is 0 Å². The van der Waals surface area contributed by atoms with Crippen LogP contribution in [0, 0.1) is 0 Å². The van der Waals surface area contributed by atoms with Crippen LogP contribution in [-0.4, -0.2) is 41.0 Å². The molecule has 1 amide bonds. The molecule has 5 nitrogen and oxygen atoms in total. The number of rotatable bonds is 8. The molecule has 3 rings (SSSR count). The van der Waals surface area contributed by atoms with Gasteiger partial charge in [0.05, 0.1) is 17.7 Å². The van der Waals surface area contributed by atoms with Crippen molar-refractivity contribution in [1.29, 1.82) is 0 Å². The van der Waals surface area contributed by atoms with Crippen LogP contribution < -0.4 is 0 Å². The van der Waals surface area contributed by atoms with Gasteiger partial charge in [-0.2, -0.15) is 26.3 Å². The summed E-state index contributed by atoms with van der Waals surface area (Å²) < 4.78 is 86.8. The normalized spacial score (nSPS) is 13.0. The molecule has 200 valence electrons. The van der Waals surface area contributed by atoms with E-state index >= 15 is 0 Å². The van der Waals surface area contributed by atoms with Gasteiger partial charge in [-0.05, 0) is 49.6 Å². The summed E-state index contributed by atoms with van der Waals surface area (Å²) in [6.07, 6.45) is -8.10. The molecule has 0 spiro atoms. The number of nitrogens with zero attached hydrogens (tertiary/aromatic N) is 2. The van der Waals surface area contributed by atoms with Crippen molar-refractivity contribution in [3.63, 3.8) is 0 Å². The Morgan fingerprint density at radius 2 is 1.59 bits per heavy atom. The first kappa shape index (κ1) is 28.1. The maximum atomic E-state index is 13.3. The van der Waals surface area contributed by atoms with Gasteiger partial charge in [0.2, 0.25) is 0 Å². The number of likely N-dealkylation sites (N-methyl/N-ethyl adjacent to an activating group) is 1. The standard InChI is InChI=1S/C26H26F6N2O3/c1-4-37-23(35)10-9-20(13-17-15-33(2)22-8-6-5-7-21(17)22)34(3)24(36)16-11-18(25(27,28)29)14-19(12-16)26(30,31)32/h5-8,11-12,14-15,20H,4,9-10,13H2,1-3H3.